The summed E-state index contributed by atoms with van der Waals surface area (Å²) in [5, 5.41) is 8.75. The van der Waals surface area contributed by atoms with Crippen LogP contribution in [0.2, 0.25) is 0 Å². The maximum absolute atomic E-state index is 10.7. The van der Waals surface area contributed by atoms with Gasteiger partial charge >= 0.3 is 5.97 Å². The number of hydrogen-bond acceptors (Lipinski definition) is 2. The Bertz CT molecular complexity index is 323. The Kier molecular flexibility index (Phi) is 3.00. The predicted octanol–water partition coefficient (Wildman–Crippen LogP) is 0.450. The first-order chi connectivity index (χ1) is 6.13. The smallest absolute Gasteiger partial charge is 0.335 e. The summed E-state index contributed by atoms with van der Waals surface area (Å²) in [6.07, 6.45) is 0. The van der Waals surface area contributed by atoms with Gasteiger partial charge < -0.3 is 5.11 Å². The fraction of sp³-hybridized carbons (Fsp3) is 0.222. The molecular formula is C9H12NO3+. The summed E-state index contributed by atoms with van der Waals surface area (Å²) in [5.41, 5.74) is 3.46. The fourth-order valence-corrected chi connectivity index (χ4v) is 1.14. The molecule has 1 rings (SSSR count). The van der Waals surface area contributed by atoms with Crippen LogP contribution in [0.25, 0.3) is 0 Å². The Labute approximate surface area is 76.1 Å². The Morgan fingerprint density at radius 2 is 2.15 bits per heavy atom. The van der Waals surface area contributed by atoms with E-state index in [0.717, 1.165) is 11.3 Å². The number of nitrogens with two attached hydrogens (primary N) is 1. The molecule has 0 bridgehead atoms. The second kappa shape index (κ2) is 4.02. The second-order valence-corrected chi connectivity index (χ2v) is 2.79. The number of carbonyl (C=O) groups is 1. The Hall–Kier alpha value is -1.39. The molecular weight excluding hydrogens is 170 g/mol. The molecule has 0 spiro atoms. The molecule has 0 fully saturated rings. The van der Waals surface area contributed by atoms with Crippen LogP contribution >= 0.6 is 0 Å². The third kappa shape index (κ3) is 2.54. The van der Waals surface area contributed by atoms with Crippen LogP contribution in [-0.4, -0.2) is 18.2 Å². The standard InChI is InChI=1S/C9H11NO3/c1-6-3-7(9(11)12)5-8(4-6)10-13-2/h3-5,10H,1-2H3,(H,11,12)/p+1. The molecule has 0 amide bonds. The van der Waals surface area contributed by atoms with Gasteiger partial charge in [0, 0.05) is 12.1 Å². The lowest BCUT2D eigenvalue weighted by molar-refractivity contribution is -0.830. The summed E-state index contributed by atoms with van der Waals surface area (Å²) in [6, 6.07) is 5.05. The normalized spacial score (nSPS) is 10.0. The number of benzene rings is 1. The summed E-state index contributed by atoms with van der Waals surface area (Å²) in [4.78, 5) is 15.5. The van der Waals surface area contributed by atoms with Gasteiger partial charge in [-0.15, -0.1) is 0 Å². The third-order valence-electron chi connectivity index (χ3n) is 1.60. The minimum Gasteiger partial charge on any atom is -0.478 e. The molecule has 0 aliphatic rings. The van der Waals surface area contributed by atoms with Crippen molar-refractivity contribution >= 4 is 11.7 Å². The molecule has 0 saturated heterocycles. The minimum atomic E-state index is -0.922. The van der Waals surface area contributed by atoms with Crippen molar-refractivity contribution in [2.75, 3.05) is 7.11 Å². The van der Waals surface area contributed by atoms with Crippen LogP contribution in [0.1, 0.15) is 15.9 Å². The van der Waals surface area contributed by atoms with Gasteiger partial charge in [0.1, 0.15) is 0 Å². The second-order valence-electron chi connectivity index (χ2n) is 2.79. The SMILES string of the molecule is CO[NH2+]c1cc(C)cc(C(=O)O)c1. The highest BCUT2D eigenvalue weighted by molar-refractivity contribution is 5.88. The molecule has 0 aliphatic heterocycles. The number of quaternary nitrogens is 1. The first-order valence-corrected chi connectivity index (χ1v) is 3.84. The zero-order valence-corrected chi connectivity index (χ0v) is 7.57. The zero-order valence-electron chi connectivity index (χ0n) is 7.57. The van der Waals surface area contributed by atoms with Crippen LogP contribution in [0.4, 0.5) is 5.69 Å². The van der Waals surface area contributed by atoms with Crippen molar-refractivity contribution in [2.24, 2.45) is 0 Å². The number of carboxylic acid groups (broad SMARTS) is 1. The zero-order chi connectivity index (χ0) is 9.84. The highest BCUT2D eigenvalue weighted by Gasteiger charge is 2.07. The summed E-state index contributed by atoms with van der Waals surface area (Å²) < 4.78 is 0. The van der Waals surface area contributed by atoms with Gasteiger partial charge in [-0.3, -0.25) is 0 Å². The van der Waals surface area contributed by atoms with Gasteiger partial charge in [0.2, 0.25) is 0 Å². The third-order valence-corrected chi connectivity index (χ3v) is 1.60. The fourth-order valence-electron chi connectivity index (χ4n) is 1.14. The number of aryl methyl sites for hydroxylation is 1. The Balaban J connectivity index is 3.03. The van der Waals surface area contributed by atoms with Crippen LogP contribution in [-0.2, 0) is 4.84 Å². The first-order valence-electron chi connectivity index (χ1n) is 3.84. The molecule has 0 saturated carbocycles. The van der Waals surface area contributed by atoms with Gasteiger partial charge in [0.25, 0.3) is 0 Å². The van der Waals surface area contributed by atoms with E-state index in [2.05, 4.69) is 0 Å². The summed E-state index contributed by atoms with van der Waals surface area (Å²) >= 11 is 0. The summed E-state index contributed by atoms with van der Waals surface area (Å²) in [7, 11) is 1.53. The van der Waals surface area contributed by atoms with Crippen molar-refractivity contribution in [3.8, 4) is 0 Å². The lowest BCUT2D eigenvalue weighted by atomic mass is 10.1. The Morgan fingerprint density at radius 3 is 2.69 bits per heavy atom. The van der Waals surface area contributed by atoms with E-state index in [1.165, 1.54) is 12.6 Å². The van der Waals surface area contributed by atoms with Crippen LogP contribution < -0.4 is 5.48 Å². The predicted molar refractivity (Wildman–Crippen MR) is 46.7 cm³/mol. The molecule has 0 unspecified atom stereocenters. The molecule has 4 nitrogen and oxygen atoms in total. The van der Waals surface area contributed by atoms with Gasteiger partial charge in [0.15, 0.2) is 5.69 Å². The lowest BCUT2D eigenvalue weighted by Crippen LogP contribution is -2.76. The van der Waals surface area contributed by atoms with Gasteiger partial charge in [-0.05, 0) is 18.6 Å². The molecule has 0 heterocycles. The largest absolute Gasteiger partial charge is 0.478 e. The van der Waals surface area contributed by atoms with Crippen molar-refractivity contribution in [1.82, 2.24) is 0 Å². The van der Waals surface area contributed by atoms with E-state index in [0.29, 0.717) is 0 Å². The van der Waals surface area contributed by atoms with Gasteiger partial charge in [-0.1, -0.05) is 0 Å². The highest BCUT2D eigenvalue weighted by Crippen LogP contribution is 2.09. The first kappa shape index (κ1) is 9.70. The van der Waals surface area contributed by atoms with Crippen molar-refractivity contribution in [3.63, 3.8) is 0 Å². The monoisotopic (exact) mass is 182 g/mol. The van der Waals surface area contributed by atoms with E-state index in [-0.39, 0.29) is 5.56 Å². The molecule has 0 aromatic heterocycles. The average Bonchev–Trinajstić information content (AvgIpc) is 2.03. The minimum absolute atomic E-state index is 0.281. The lowest BCUT2D eigenvalue weighted by Gasteiger charge is -2.00. The quantitative estimate of drug-likeness (QED) is 0.527. The van der Waals surface area contributed by atoms with Crippen LogP contribution in [0.15, 0.2) is 18.2 Å². The summed E-state index contributed by atoms with van der Waals surface area (Å²) in [6.45, 7) is 1.85. The topological polar surface area (TPSA) is 63.1 Å². The van der Waals surface area contributed by atoms with Crippen molar-refractivity contribution in [1.29, 1.82) is 0 Å². The number of aromatic carboxylic acids is 1. The summed E-state index contributed by atoms with van der Waals surface area (Å²) in [5.74, 6) is -0.922. The van der Waals surface area contributed by atoms with E-state index >= 15 is 0 Å². The van der Waals surface area contributed by atoms with E-state index in [1.54, 1.807) is 12.1 Å². The van der Waals surface area contributed by atoms with Gasteiger partial charge in [-0.2, -0.15) is 5.48 Å². The van der Waals surface area contributed by atoms with E-state index in [4.69, 9.17) is 9.94 Å². The highest BCUT2D eigenvalue weighted by atomic mass is 16.6. The Morgan fingerprint density at radius 1 is 1.46 bits per heavy atom. The number of hydrogen-bond donors (Lipinski definition) is 2. The maximum Gasteiger partial charge on any atom is 0.335 e. The molecule has 0 aliphatic carbocycles. The maximum atomic E-state index is 10.7. The number of rotatable bonds is 3. The van der Waals surface area contributed by atoms with Crippen molar-refractivity contribution in [3.05, 3.63) is 29.3 Å². The number of carboxylic acids is 1. The van der Waals surface area contributed by atoms with Crippen LogP contribution in [0, 0.1) is 6.92 Å². The van der Waals surface area contributed by atoms with Gasteiger partial charge in [-0.25, -0.2) is 9.63 Å². The molecule has 1 aromatic carbocycles. The van der Waals surface area contributed by atoms with Gasteiger partial charge in [0.05, 0.1) is 12.7 Å². The molecule has 1 aromatic rings. The van der Waals surface area contributed by atoms with E-state index < -0.39 is 5.97 Å². The molecule has 3 N–H and O–H groups in total. The van der Waals surface area contributed by atoms with Crippen LogP contribution in [0.3, 0.4) is 0 Å². The average molecular weight is 182 g/mol. The molecule has 0 radical (unpaired) electrons. The van der Waals surface area contributed by atoms with E-state index in [1.807, 2.05) is 13.0 Å². The van der Waals surface area contributed by atoms with Crippen LogP contribution in [0.5, 0.6) is 0 Å². The molecule has 0 atom stereocenters. The van der Waals surface area contributed by atoms with Crippen molar-refractivity contribution < 1.29 is 20.2 Å². The molecule has 13 heavy (non-hydrogen) atoms. The van der Waals surface area contributed by atoms with Crippen molar-refractivity contribution in [2.45, 2.75) is 6.92 Å². The molecule has 70 valence electrons. The van der Waals surface area contributed by atoms with E-state index in [9.17, 15) is 4.79 Å². The molecule has 4 heteroatoms.